The zero-order valence-electron chi connectivity index (χ0n) is 19.8. The van der Waals surface area contributed by atoms with Crippen LogP contribution in [0.25, 0.3) is 5.78 Å². The fourth-order valence-corrected chi connectivity index (χ4v) is 4.49. The number of alkyl halides is 3. The molecule has 0 saturated heterocycles. The predicted octanol–water partition coefficient (Wildman–Crippen LogP) is 5.83. The van der Waals surface area contributed by atoms with Gasteiger partial charge in [0, 0.05) is 11.3 Å². The molecule has 1 atom stereocenters. The van der Waals surface area contributed by atoms with Crippen molar-refractivity contribution in [2.24, 2.45) is 0 Å². The van der Waals surface area contributed by atoms with E-state index in [1.807, 2.05) is 4.40 Å². The van der Waals surface area contributed by atoms with E-state index in [0.29, 0.717) is 23.7 Å². The van der Waals surface area contributed by atoms with Gasteiger partial charge in [-0.25, -0.2) is 9.78 Å². The Morgan fingerprint density at radius 3 is 2.62 bits per heavy atom. The van der Waals surface area contributed by atoms with Gasteiger partial charge in [0.1, 0.15) is 5.82 Å². The molecular formula is C24H28F3N5O2. The molecule has 4 rings (SSSR count). The molecule has 1 N–H and O–H groups in total. The van der Waals surface area contributed by atoms with E-state index in [9.17, 15) is 18.0 Å². The summed E-state index contributed by atoms with van der Waals surface area (Å²) >= 11 is 0. The van der Waals surface area contributed by atoms with Crippen molar-refractivity contribution in [1.82, 2.24) is 19.3 Å². The topological polar surface area (TPSA) is 71.8 Å². The number of carbonyl (C=O) groups is 1. The Morgan fingerprint density at radius 2 is 1.97 bits per heavy atom. The van der Waals surface area contributed by atoms with Crippen LogP contribution in [0.4, 0.5) is 23.8 Å². The first kappa shape index (κ1) is 23.8. The van der Waals surface area contributed by atoms with Gasteiger partial charge in [-0.3, -0.25) is 9.30 Å². The molecule has 1 aliphatic heterocycles. The summed E-state index contributed by atoms with van der Waals surface area (Å²) in [5, 5.41) is 3.29. The van der Waals surface area contributed by atoms with Crippen molar-refractivity contribution in [2.45, 2.75) is 65.8 Å². The third kappa shape index (κ3) is 4.17. The molecule has 2 aromatic heterocycles. The Labute approximate surface area is 196 Å². The van der Waals surface area contributed by atoms with Gasteiger partial charge in [-0.1, -0.05) is 26.0 Å². The molecule has 3 heterocycles. The van der Waals surface area contributed by atoms with Crippen LogP contribution in [-0.2, 0) is 24.0 Å². The number of nitrogens with one attached hydrogen (secondary N) is 1. The zero-order valence-corrected chi connectivity index (χ0v) is 19.8. The lowest BCUT2D eigenvalue weighted by Gasteiger charge is -2.22. The van der Waals surface area contributed by atoms with E-state index >= 15 is 0 Å². The van der Waals surface area contributed by atoms with Crippen LogP contribution < -0.4 is 5.32 Å². The fourth-order valence-electron chi connectivity index (χ4n) is 4.49. The summed E-state index contributed by atoms with van der Waals surface area (Å²) in [6.45, 7) is 10.0. The molecule has 10 heteroatoms. The molecule has 182 valence electrons. The average molecular weight is 476 g/mol. The number of imidazole rings is 1. The minimum atomic E-state index is -4.43. The van der Waals surface area contributed by atoms with E-state index in [1.165, 1.54) is 13.0 Å². The molecule has 1 unspecified atom stereocenters. The standard InChI is InChI=1S/C24H28F3N5O2/c1-6-34-23(33)31-11-17-20(12-31)32-19(13(2)3)10-28-22(32)30-21(17)29-15(5)16-8-7-9-18(14(16)4)24(25,26)27/h7-10,13,15H,6,11-12H2,1-5H3,(H,28,29,30). The Morgan fingerprint density at radius 1 is 1.24 bits per heavy atom. The third-order valence-corrected chi connectivity index (χ3v) is 6.19. The van der Waals surface area contributed by atoms with Gasteiger partial charge in [0.2, 0.25) is 5.78 Å². The van der Waals surface area contributed by atoms with E-state index in [4.69, 9.17) is 9.72 Å². The number of hydrogen-bond acceptors (Lipinski definition) is 5. The Kier molecular flexibility index (Phi) is 6.18. The van der Waals surface area contributed by atoms with Crippen LogP contribution in [0.15, 0.2) is 24.4 Å². The number of anilines is 1. The second kappa shape index (κ2) is 8.81. The van der Waals surface area contributed by atoms with Crippen LogP contribution in [0.3, 0.4) is 0 Å². The Balaban J connectivity index is 1.76. The zero-order chi connectivity index (χ0) is 24.8. The Bertz CT molecular complexity index is 1240. The number of aromatic nitrogens is 3. The molecule has 0 aliphatic carbocycles. The van der Waals surface area contributed by atoms with E-state index in [-0.39, 0.29) is 24.6 Å². The monoisotopic (exact) mass is 475 g/mol. The first-order valence-electron chi connectivity index (χ1n) is 11.3. The van der Waals surface area contributed by atoms with Crippen molar-refractivity contribution in [1.29, 1.82) is 0 Å². The van der Waals surface area contributed by atoms with Crippen LogP contribution in [0.2, 0.25) is 0 Å². The van der Waals surface area contributed by atoms with Gasteiger partial charge in [0.05, 0.1) is 43.2 Å². The second-order valence-corrected chi connectivity index (χ2v) is 8.80. The van der Waals surface area contributed by atoms with Gasteiger partial charge >= 0.3 is 12.3 Å². The number of hydrogen-bond donors (Lipinski definition) is 1. The smallest absolute Gasteiger partial charge is 0.416 e. The van der Waals surface area contributed by atoms with Gasteiger partial charge < -0.3 is 10.1 Å². The molecule has 0 radical (unpaired) electrons. The number of carbonyl (C=O) groups excluding carboxylic acids is 1. The summed E-state index contributed by atoms with van der Waals surface area (Å²) in [6, 6.07) is 3.72. The van der Waals surface area contributed by atoms with Crippen LogP contribution in [-0.4, -0.2) is 32.0 Å². The van der Waals surface area contributed by atoms with Gasteiger partial charge in [-0.05, 0) is 43.9 Å². The maximum atomic E-state index is 13.4. The molecule has 1 amide bonds. The minimum Gasteiger partial charge on any atom is -0.450 e. The van der Waals surface area contributed by atoms with Crippen LogP contribution >= 0.6 is 0 Å². The highest BCUT2D eigenvalue weighted by Crippen LogP contribution is 2.37. The molecule has 7 nitrogen and oxygen atoms in total. The lowest BCUT2D eigenvalue weighted by Crippen LogP contribution is -2.26. The maximum Gasteiger partial charge on any atom is 0.416 e. The highest BCUT2D eigenvalue weighted by molar-refractivity contribution is 5.70. The quantitative estimate of drug-likeness (QED) is 0.503. The number of fused-ring (bicyclic) bond motifs is 3. The predicted molar refractivity (Wildman–Crippen MR) is 122 cm³/mol. The SMILES string of the molecule is CCOC(=O)N1Cc2c(NC(C)c3cccc(C(F)(F)F)c3C)nc3ncc(C(C)C)n3c2C1. The summed E-state index contributed by atoms with van der Waals surface area (Å²) in [5.41, 5.74) is 2.68. The van der Waals surface area contributed by atoms with Crippen molar-refractivity contribution in [3.05, 3.63) is 58.0 Å². The molecule has 0 spiro atoms. The van der Waals surface area contributed by atoms with E-state index < -0.39 is 23.9 Å². The van der Waals surface area contributed by atoms with E-state index in [1.54, 1.807) is 31.0 Å². The summed E-state index contributed by atoms with van der Waals surface area (Å²) in [7, 11) is 0. The molecule has 1 aromatic carbocycles. The molecule has 34 heavy (non-hydrogen) atoms. The third-order valence-electron chi connectivity index (χ3n) is 6.19. The highest BCUT2D eigenvalue weighted by Gasteiger charge is 2.34. The molecule has 0 saturated carbocycles. The second-order valence-electron chi connectivity index (χ2n) is 8.80. The number of ether oxygens (including phenoxy) is 1. The normalized spacial score (nSPS) is 14.6. The summed E-state index contributed by atoms with van der Waals surface area (Å²) in [4.78, 5) is 23.2. The average Bonchev–Trinajstić information content (AvgIpc) is 3.37. The first-order valence-corrected chi connectivity index (χ1v) is 11.3. The lowest BCUT2D eigenvalue weighted by molar-refractivity contribution is -0.138. The minimum absolute atomic E-state index is 0.170. The number of nitrogens with zero attached hydrogens (tertiary/aromatic N) is 4. The van der Waals surface area contributed by atoms with Gasteiger partial charge in [-0.2, -0.15) is 18.2 Å². The Hall–Kier alpha value is -3.30. The van der Waals surface area contributed by atoms with Gasteiger partial charge in [0.15, 0.2) is 0 Å². The van der Waals surface area contributed by atoms with Crippen LogP contribution in [0, 0.1) is 6.92 Å². The first-order chi connectivity index (χ1) is 16.0. The lowest BCUT2D eigenvalue weighted by atomic mass is 9.97. The van der Waals surface area contributed by atoms with Crippen molar-refractivity contribution in [3.8, 4) is 0 Å². The number of benzene rings is 1. The van der Waals surface area contributed by atoms with E-state index in [2.05, 4.69) is 24.1 Å². The highest BCUT2D eigenvalue weighted by atomic mass is 19.4. The number of rotatable bonds is 5. The van der Waals surface area contributed by atoms with Crippen LogP contribution in [0.1, 0.15) is 73.3 Å². The van der Waals surface area contributed by atoms with Crippen molar-refractivity contribution < 1.29 is 22.7 Å². The molecule has 3 aromatic rings. The molecule has 0 bridgehead atoms. The van der Waals surface area contributed by atoms with Gasteiger partial charge in [0.25, 0.3) is 0 Å². The maximum absolute atomic E-state index is 13.4. The molecular weight excluding hydrogens is 447 g/mol. The summed E-state index contributed by atoms with van der Waals surface area (Å²) < 4.78 is 47.4. The van der Waals surface area contributed by atoms with Crippen molar-refractivity contribution in [3.63, 3.8) is 0 Å². The molecule has 1 aliphatic rings. The largest absolute Gasteiger partial charge is 0.450 e. The van der Waals surface area contributed by atoms with E-state index in [0.717, 1.165) is 23.0 Å². The molecule has 0 fully saturated rings. The van der Waals surface area contributed by atoms with Crippen LogP contribution in [0.5, 0.6) is 0 Å². The summed E-state index contributed by atoms with van der Waals surface area (Å²) in [5.74, 6) is 1.16. The number of halogens is 3. The van der Waals surface area contributed by atoms with Crippen molar-refractivity contribution in [2.75, 3.05) is 11.9 Å². The van der Waals surface area contributed by atoms with Crippen molar-refractivity contribution >= 4 is 17.7 Å². The fraction of sp³-hybridized carbons (Fsp3) is 0.458. The van der Waals surface area contributed by atoms with Gasteiger partial charge in [-0.15, -0.1) is 0 Å². The number of amides is 1. The summed E-state index contributed by atoms with van der Waals surface area (Å²) in [6.07, 6.45) is -3.09.